The molecule has 2 rings (SSSR count). The quantitative estimate of drug-likeness (QED) is 0.823. The van der Waals surface area contributed by atoms with Gasteiger partial charge in [-0.1, -0.05) is 0 Å². The van der Waals surface area contributed by atoms with Crippen molar-refractivity contribution in [2.24, 2.45) is 0 Å². The number of thiazole rings is 1. The predicted octanol–water partition coefficient (Wildman–Crippen LogP) is 2.22. The van der Waals surface area contributed by atoms with Gasteiger partial charge in [0.2, 0.25) is 0 Å². The molecule has 0 aliphatic heterocycles. The molecule has 2 aromatic rings. The van der Waals surface area contributed by atoms with Gasteiger partial charge in [0.1, 0.15) is 12.4 Å². The van der Waals surface area contributed by atoms with Crippen molar-refractivity contribution in [3.05, 3.63) is 46.4 Å². The number of carbonyl (C=O) groups is 1. The van der Waals surface area contributed by atoms with E-state index in [0.29, 0.717) is 24.3 Å². The van der Waals surface area contributed by atoms with Gasteiger partial charge < -0.3 is 15.2 Å². The van der Waals surface area contributed by atoms with Crippen LogP contribution in [-0.2, 0) is 6.61 Å². The molecule has 0 unspecified atom stereocenters. The van der Waals surface area contributed by atoms with Crippen LogP contribution in [0.25, 0.3) is 0 Å². The third-order valence-electron chi connectivity index (χ3n) is 2.93. The molecule has 1 heterocycles. The van der Waals surface area contributed by atoms with Gasteiger partial charge in [-0.25, -0.2) is 4.98 Å². The van der Waals surface area contributed by atoms with E-state index in [0.717, 1.165) is 5.69 Å². The summed E-state index contributed by atoms with van der Waals surface area (Å²) in [6, 6.07) is 6.91. The van der Waals surface area contributed by atoms with Crippen LogP contribution in [0.3, 0.4) is 0 Å². The van der Waals surface area contributed by atoms with Crippen molar-refractivity contribution in [3.63, 3.8) is 0 Å². The van der Waals surface area contributed by atoms with Gasteiger partial charge in [0.15, 0.2) is 0 Å². The summed E-state index contributed by atoms with van der Waals surface area (Å²) in [7, 11) is 0. The normalized spacial score (nSPS) is 11.9. The van der Waals surface area contributed by atoms with Crippen molar-refractivity contribution in [2.45, 2.75) is 26.0 Å². The molecule has 1 amide bonds. The zero-order valence-corrected chi connectivity index (χ0v) is 12.6. The van der Waals surface area contributed by atoms with Gasteiger partial charge in [-0.15, -0.1) is 11.3 Å². The molecule has 0 bridgehead atoms. The van der Waals surface area contributed by atoms with E-state index in [1.165, 1.54) is 11.3 Å². The SMILES string of the molecule is C[C@H](CCO)NC(=O)c1ccc(OCc2cscn2)cc1. The van der Waals surface area contributed by atoms with E-state index in [2.05, 4.69) is 10.3 Å². The van der Waals surface area contributed by atoms with Crippen LogP contribution in [0, 0.1) is 0 Å². The van der Waals surface area contributed by atoms with Crippen LogP contribution in [0.2, 0.25) is 0 Å². The minimum absolute atomic E-state index is 0.0527. The molecule has 1 atom stereocenters. The van der Waals surface area contributed by atoms with Gasteiger partial charge >= 0.3 is 0 Å². The first-order valence-corrected chi connectivity index (χ1v) is 7.65. The summed E-state index contributed by atoms with van der Waals surface area (Å²) in [5.74, 6) is 0.546. The molecule has 21 heavy (non-hydrogen) atoms. The standard InChI is InChI=1S/C15H18N2O3S/c1-11(6-7-18)17-15(19)12-2-4-14(5-3-12)20-8-13-9-21-10-16-13/h2-5,9-11,18H,6-8H2,1H3,(H,17,19)/t11-/m1/s1. The predicted molar refractivity (Wildman–Crippen MR) is 81.5 cm³/mol. The smallest absolute Gasteiger partial charge is 0.251 e. The minimum atomic E-state index is -0.151. The molecule has 0 saturated carbocycles. The Morgan fingerprint density at radius 2 is 2.19 bits per heavy atom. The molecule has 0 aliphatic rings. The number of amides is 1. The topological polar surface area (TPSA) is 71.5 Å². The van der Waals surface area contributed by atoms with Crippen molar-refractivity contribution < 1.29 is 14.6 Å². The number of carbonyl (C=O) groups excluding carboxylic acids is 1. The summed E-state index contributed by atoms with van der Waals surface area (Å²) in [5, 5.41) is 13.6. The molecular weight excluding hydrogens is 288 g/mol. The number of nitrogens with one attached hydrogen (secondary N) is 1. The van der Waals surface area contributed by atoms with E-state index in [1.807, 2.05) is 12.3 Å². The van der Waals surface area contributed by atoms with Crippen molar-refractivity contribution in [2.75, 3.05) is 6.61 Å². The highest BCUT2D eigenvalue weighted by Crippen LogP contribution is 2.14. The van der Waals surface area contributed by atoms with Crippen LogP contribution < -0.4 is 10.1 Å². The zero-order chi connectivity index (χ0) is 15.1. The highest BCUT2D eigenvalue weighted by molar-refractivity contribution is 7.07. The van der Waals surface area contributed by atoms with Crippen LogP contribution >= 0.6 is 11.3 Å². The van der Waals surface area contributed by atoms with E-state index in [-0.39, 0.29) is 18.6 Å². The van der Waals surface area contributed by atoms with Crippen LogP contribution in [0.15, 0.2) is 35.2 Å². The van der Waals surface area contributed by atoms with Crippen LogP contribution in [-0.4, -0.2) is 28.6 Å². The fraction of sp³-hybridized carbons (Fsp3) is 0.333. The first-order chi connectivity index (χ1) is 10.2. The summed E-state index contributed by atoms with van der Waals surface area (Å²) in [5.41, 5.74) is 3.22. The van der Waals surface area contributed by atoms with Crippen LogP contribution in [0.1, 0.15) is 29.4 Å². The average molecular weight is 306 g/mol. The van der Waals surface area contributed by atoms with Gasteiger partial charge in [0, 0.05) is 23.6 Å². The van der Waals surface area contributed by atoms with Crippen molar-refractivity contribution in [1.82, 2.24) is 10.3 Å². The Morgan fingerprint density at radius 1 is 1.43 bits per heavy atom. The molecule has 112 valence electrons. The van der Waals surface area contributed by atoms with Crippen molar-refractivity contribution in [3.8, 4) is 5.75 Å². The molecule has 0 saturated heterocycles. The molecule has 2 N–H and O–H groups in total. The zero-order valence-electron chi connectivity index (χ0n) is 11.8. The van der Waals surface area contributed by atoms with Gasteiger partial charge in [0.25, 0.3) is 5.91 Å². The average Bonchev–Trinajstić information content (AvgIpc) is 2.99. The number of nitrogens with zero attached hydrogens (tertiary/aromatic N) is 1. The lowest BCUT2D eigenvalue weighted by Crippen LogP contribution is -2.33. The Balaban J connectivity index is 1.87. The van der Waals surface area contributed by atoms with Crippen molar-refractivity contribution in [1.29, 1.82) is 0 Å². The van der Waals surface area contributed by atoms with E-state index in [1.54, 1.807) is 29.8 Å². The molecular formula is C15H18N2O3S. The highest BCUT2D eigenvalue weighted by atomic mass is 32.1. The molecule has 0 spiro atoms. The molecule has 1 aromatic carbocycles. The second-order valence-corrected chi connectivity index (χ2v) is 5.40. The maximum Gasteiger partial charge on any atom is 0.251 e. The van der Waals surface area contributed by atoms with E-state index < -0.39 is 0 Å². The summed E-state index contributed by atoms with van der Waals surface area (Å²) < 4.78 is 5.58. The maximum atomic E-state index is 11.9. The number of hydrogen-bond acceptors (Lipinski definition) is 5. The van der Waals surface area contributed by atoms with E-state index in [9.17, 15) is 4.79 Å². The third-order valence-corrected chi connectivity index (χ3v) is 3.56. The Bertz CT molecular complexity index is 555. The Morgan fingerprint density at radius 3 is 2.81 bits per heavy atom. The lowest BCUT2D eigenvalue weighted by molar-refractivity contribution is 0.0934. The second kappa shape index (κ2) is 7.75. The van der Waals surface area contributed by atoms with E-state index in [4.69, 9.17) is 9.84 Å². The number of ether oxygens (including phenoxy) is 1. The first kappa shape index (κ1) is 15.5. The first-order valence-electron chi connectivity index (χ1n) is 6.70. The minimum Gasteiger partial charge on any atom is -0.487 e. The number of benzene rings is 1. The number of aliphatic hydroxyl groups excluding tert-OH is 1. The molecule has 6 heteroatoms. The number of hydrogen-bond donors (Lipinski definition) is 2. The lowest BCUT2D eigenvalue weighted by Gasteiger charge is -2.12. The fourth-order valence-corrected chi connectivity index (χ4v) is 2.28. The second-order valence-electron chi connectivity index (χ2n) is 4.68. The van der Waals surface area contributed by atoms with Gasteiger partial charge in [-0.3, -0.25) is 4.79 Å². The fourth-order valence-electron chi connectivity index (χ4n) is 1.74. The lowest BCUT2D eigenvalue weighted by atomic mass is 10.1. The Kier molecular flexibility index (Phi) is 5.71. The summed E-state index contributed by atoms with van der Waals surface area (Å²) in [4.78, 5) is 16.1. The molecule has 0 radical (unpaired) electrons. The Labute approximate surface area is 127 Å². The highest BCUT2D eigenvalue weighted by Gasteiger charge is 2.09. The molecule has 0 fully saturated rings. The van der Waals surface area contributed by atoms with Crippen molar-refractivity contribution >= 4 is 17.2 Å². The third kappa shape index (κ3) is 4.84. The van der Waals surface area contributed by atoms with Crippen LogP contribution in [0.5, 0.6) is 5.75 Å². The number of aliphatic hydroxyl groups is 1. The van der Waals surface area contributed by atoms with Gasteiger partial charge in [-0.05, 0) is 37.6 Å². The van der Waals surface area contributed by atoms with Crippen LogP contribution in [0.4, 0.5) is 0 Å². The Hall–Kier alpha value is -1.92. The number of aromatic nitrogens is 1. The molecule has 0 aliphatic carbocycles. The summed E-state index contributed by atoms with van der Waals surface area (Å²) in [6.07, 6.45) is 0.542. The molecule has 5 nitrogen and oxygen atoms in total. The maximum absolute atomic E-state index is 11.9. The van der Waals surface area contributed by atoms with Gasteiger partial charge in [0.05, 0.1) is 11.2 Å². The van der Waals surface area contributed by atoms with Gasteiger partial charge in [-0.2, -0.15) is 0 Å². The van der Waals surface area contributed by atoms with E-state index >= 15 is 0 Å². The largest absolute Gasteiger partial charge is 0.487 e. The monoisotopic (exact) mass is 306 g/mol. The summed E-state index contributed by atoms with van der Waals surface area (Å²) in [6.45, 7) is 2.34. The number of rotatable bonds is 7. The summed E-state index contributed by atoms with van der Waals surface area (Å²) >= 11 is 1.53. The molecule has 1 aromatic heterocycles.